The van der Waals surface area contributed by atoms with Crippen molar-refractivity contribution in [1.82, 2.24) is 0 Å². The smallest absolute Gasteiger partial charge is 0.249 e. The lowest BCUT2D eigenvalue weighted by molar-refractivity contribution is -0.399. The first-order valence-electron chi connectivity index (χ1n) is 6.78. The van der Waals surface area contributed by atoms with Crippen molar-refractivity contribution in [3.63, 3.8) is 0 Å². The van der Waals surface area contributed by atoms with Gasteiger partial charge < -0.3 is 24.0 Å². The molecular formula is C18H15IN2. The fraction of sp³-hybridized carbons (Fsp3) is 0.0556. The molecule has 0 radical (unpaired) electrons. The number of benzene rings is 3. The van der Waals surface area contributed by atoms with E-state index in [1.165, 1.54) is 27.8 Å². The summed E-state index contributed by atoms with van der Waals surface area (Å²) in [7, 11) is 2.10. The number of hydrogen-bond acceptors (Lipinski definition) is 1. The molecule has 2 nitrogen and oxygen atoms in total. The predicted molar refractivity (Wildman–Crippen MR) is 84.4 cm³/mol. The van der Waals surface area contributed by atoms with Gasteiger partial charge in [-0.15, -0.1) is 0 Å². The van der Waals surface area contributed by atoms with Gasteiger partial charge in [-0.1, -0.05) is 42.5 Å². The van der Waals surface area contributed by atoms with Gasteiger partial charge in [0, 0.05) is 0 Å². The molecule has 0 saturated heterocycles. The molecule has 0 amide bonds. The zero-order valence-corrected chi connectivity index (χ0v) is 13.9. The Morgan fingerprint density at radius 1 is 0.810 bits per heavy atom. The Balaban J connectivity index is 0.00000132. The van der Waals surface area contributed by atoms with Gasteiger partial charge in [0.25, 0.3) is 0 Å². The summed E-state index contributed by atoms with van der Waals surface area (Å²) in [5.74, 6) is 0. The first-order chi connectivity index (χ1) is 9.84. The lowest BCUT2D eigenvalue weighted by Gasteiger charge is -2.21. The maximum atomic E-state index is 2.25. The van der Waals surface area contributed by atoms with E-state index in [2.05, 4.69) is 83.5 Å². The summed E-state index contributed by atoms with van der Waals surface area (Å²) in [5.41, 5.74) is 3.68. The average molecular weight is 386 g/mol. The molecular weight excluding hydrogens is 371 g/mol. The minimum absolute atomic E-state index is 0. The van der Waals surface area contributed by atoms with E-state index in [0.717, 1.165) is 0 Å². The van der Waals surface area contributed by atoms with Crippen LogP contribution in [0.3, 0.4) is 0 Å². The number of halogens is 1. The van der Waals surface area contributed by atoms with Crippen LogP contribution in [0.5, 0.6) is 0 Å². The Morgan fingerprint density at radius 3 is 2.29 bits per heavy atom. The second-order valence-electron chi connectivity index (χ2n) is 5.08. The molecule has 1 aliphatic rings. The van der Waals surface area contributed by atoms with Crippen molar-refractivity contribution in [2.45, 2.75) is 0 Å². The minimum atomic E-state index is 0. The van der Waals surface area contributed by atoms with Gasteiger partial charge >= 0.3 is 0 Å². The normalized spacial score (nSPS) is 12.8. The second-order valence-corrected chi connectivity index (χ2v) is 5.08. The van der Waals surface area contributed by atoms with Crippen molar-refractivity contribution in [3.8, 4) is 0 Å². The zero-order chi connectivity index (χ0) is 13.5. The van der Waals surface area contributed by atoms with Gasteiger partial charge in [0.2, 0.25) is 6.34 Å². The number of hydrogen-bond donors (Lipinski definition) is 0. The van der Waals surface area contributed by atoms with E-state index in [-0.39, 0.29) is 24.0 Å². The molecule has 21 heavy (non-hydrogen) atoms. The summed E-state index contributed by atoms with van der Waals surface area (Å²) in [6.07, 6.45) is 2.15. The van der Waals surface area contributed by atoms with Gasteiger partial charge in [-0.25, -0.2) is 4.58 Å². The van der Waals surface area contributed by atoms with Crippen LogP contribution in [0.2, 0.25) is 0 Å². The van der Waals surface area contributed by atoms with Crippen molar-refractivity contribution < 1.29 is 28.6 Å². The van der Waals surface area contributed by atoms with Crippen molar-refractivity contribution in [2.75, 3.05) is 11.9 Å². The SMILES string of the molecule is C[N+]1=CN(c2ccccc2)c2cccc3cccc1c23.[I-]. The molecule has 0 fully saturated rings. The van der Waals surface area contributed by atoms with E-state index in [0.29, 0.717) is 0 Å². The Bertz CT molecular complexity index is 820. The Morgan fingerprint density at radius 2 is 1.52 bits per heavy atom. The van der Waals surface area contributed by atoms with E-state index in [1.807, 2.05) is 6.07 Å². The second kappa shape index (κ2) is 5.48. The molecule has 1 heterocycles. The third-order valence-corrected chi connectivity index (χ3v) is 3.82. The van der Waals surface area contributed by atoms with E-state index in [1.54, 1.807) is 0 Å². The summed E-state index contributed by atoms with van der Waals surface area (Å²) < 4.78 is 2.18. The first kappa shape index (κ1) is 14.1. The molecule has 104 valence electrons. The predicted octanol–water partition coefficient (Wildman–Crippen LogP) is 1.30. The molecule has 1 aliphatic heterocycles. The van der Waals surface area contributed by atoms with Crippen LogP contribution < -0.4 is 28.9 Å². The van der Waals surface area contributed by atoms with Crippen LogP contribution in [0.15, 0.2) is 66.7 Å². The number of rotatable bonds is 1. The summed E-state index contributed by atoms with van der Waals surface area (Å²) >= 11 is 0. The molecule has 0 spiro atoms. The zero-order valence-electron chi connectivity index (χ0n) is 11.7. The third kappa shape index (κ3) is 2.21. The number of anilines is 2. The molecule has 0 aromatic heterocycles. The lowest BCUT2D eigenvalue weighted by atomic mass is 10.0. The Kier molecular flexibility index (Phi) is 3.68. The molecule has 0 N–H and O–H groups in total. The molecule has 0 bridgehead atoms. The van der Waals surface area contributed by atoms with Crippen LogP contribution >= 0.6 is 0 Å². The Labute approximate surface area is 141 Å². The van der Waals surface area contributed by atoms with Crippen molar-refractivity contribution >= 4 is 34.2 Å². The molecule has 3 aromatic rings. The standard InChI is InChI=1S/C18H15N2.HI/c1-19-13-20(15-9-3-2-4-10-15)17-12-6-8-14-7-5-11-16(19)18(14)17;/h2-13H,1H3;1H/q+1;/p-1. The van der Waals surface area contributed by atoms with E-state index in [9.17, 15) is 0 Å². The van der Waals surface area contributed by atoms with Crippen LogP contribution in [0.1, 0.15) is 0 Å². The summed E-state index contributed by atoms with van der Waals surface area (Å²) in [5, 5.41) is 2.59. The van der Waals surface area contributed by atoms with Gasteiger partial charge in [0.1, 0.15) is 17.1 Å². The van der Waals surface area contributed by atoms with Crippen LogP contribution in [0.25, 0.3) is 10.8 Å². The minimum Gasteiger partial charge on any atom is -1.00 e. The molecule has 0 unspecified atom stereocenters. The molecule has 4 rings (SSSR count). The monoisotopic (exact) mass is 386 g/mol. The van der Waals surface area contributed by atoms with Crippen LogP contribution in [-0.2, 0) is 0 Å². The van der Waals surface area contributed by atoms with Gasteiger partial charge in [0.05, 0.1) is 12.4 Å². The topological polar surface area (TPSA) is 6.25 Å². The van der Waals surface area contributed by atoms with Crippen molar-refractivity contribution in [3.05, 3.63) is 66.7 Å². The van der Waals surface area contributed by atoms with Crippen LogP contribution in [-0.4, -0.2) is 18.0 Å². The molecule has 0 atom stereocenters. The average Bonchev–Trinajstić information content (AvgIpc) is 2.52. The van der Waals surface area contributed by atoms with Crippen LogP contribution in [0.4, 0.5) is 17.1 Å². The van der Waals surface area contributed by atoms with Crippen molar-refractivity contribution in [1.29, 1.82) is 0 Å². The maximum Gasteiger partial charge on any atom is 0.249 e. The third-order valence-electron chi connectivity index (χ3n) is 3.82. The summed E-state index contributed by atoms with van der Waals surface area (Å²) in [6, 6.07) is 23.4. The summed E-state index contributed by atoms with van der Waals surface area (Å²) in [4.78, 5) is 2.25. The van der Waals surface area contributed by atoms with Gasteiger partial charge in [-0.2, -0.15) is 4.90 Å². The molecule has 3 heteroatoms. The maximum absolute atomic E-state index is 2.25. The van der Waals surface area contributed by atoms with E-state index < -0.39 is 0 Å². The van der Waals surface area contributed by atoms with Crippen molar-refractivity contribution in [2.24, 2.45) is 0 Å². The highest BCUT2D eigenvalue weighted by molar-refractivity contribution is 6.09. The Hall–Kier alpha value is -1.88. The highest BCUT2D eigenvalue weighted by Crippen LogP contribution is 2.39. The van der Waals surface area contributed by atoms with Gasteiger partial charge in [-0.3, -0.25) is 0 Å². The fourth-order valence-electron chi connectivity index (χ4n) is 2.89. The largest absolute Gasteiger partial charge is 1.00 e. The molecule has 0 saturated carbocycles. The number of nitrogens with zero attached hydrogens (tertiary/aromatic N) is 2. The molecule has 0 aliphatic carbocycles. The van der Waals surface area contributed by atoms with Gasteiger partial charge in [0.15, 0.2) is 0 Å². The quantitative estimate of drug-likeness (QED) is 0.452. The highest BCUT2D eigenvalue weighted by atomic mass is 127. The van der Waals surface area contributed by atoms with Crippen LogP contribution in [0, 0.1) is 0 Å². The first-order valence-corrected chi connectivity index (χ1v) is 6.78. The van der Waals surface area contributed by atoms with Gasteiger partial charge in [-0.05, 0) is 29.7 Å². The van der Waals surface area contributed by atoms with E-state index >= 15 is 0 Å². The number of para-hydroxylation sites is 1. The van der Waals surface area contributed by atoms with E-state index in [4.69, 9.17) is 0 Å². The molecule has 3 aromatic carbocycles. The lowest BCUT2D eigenvalue weighted by Crippen LogP contribution is -3.00. The highest BCUT2D eigenvalue weighted by Gasteiger charge is 2.25. The fourth-order valence-corrected chi connectivity index (χ4v) is 2.89. The summed E-state index contributed by atoms with van der Waals surface area (Å²) in [6.45, 7) is 0.